The molecule has 9 heteroatoms. The van der Waals surface area contributed by atoms with Gasteiger partial charge in [-0.15, -0.1) is 0 Å². The van der Waals surface area contributed by atoms with Crippen LogP contribution in [-0.2, 0) is 19.4 Å². The van der Waals surface area contributed by atoms with Crippen molar-refractivity contribution in [2.24, 2.45) is 5.92 Å². The molecule has 224 valence electrons. The van der Waals surface area contributed by atoms with Crippen molar-refractivity contribution >= 4 is 22.3 Å². The smallest absolute Gasteiger partial charge is 0.318 e. The Morgan fingerprint density at radius 3 is 2.81 bits per heavy atom. The first kappa shape index (κ1) is 27.6. The van der Waals surface area contributed by atoms with Crippen LogP contribution in [0.1, 0.15) is 62.8 Å². The van der Waals surface area contributed by atoms with Gasteiger partial charge in [0.25, 0.3) is 0 Å². The minimum atomic E-state index is -0.813. The number of phenolic OH excluding ortho intramolecular Hbond substituents is 1. The number of hydrogen-bond donors (Lipinski definition) is 1. The molecular weight excluding hydrogens is 536 g/mol. The van der Waals surface area contributed by atoms with Gasteiger partial charge in [0.15, 0.2) is 0 Å². The highest BCUT2D eigenvalue weighted by atomic mass is 19.1. The topological polar surface area (TPSA) is 65.0 Å². The predicted octanol–water partition coefficient (Wildman–Crippen LogP) is 5.79. The van der Waals surface area contributed by atoms with Crippen molar-refractivity contribution in [1.82, 2.24) is 14.9 Å². The molecule has 2 aromatic carbocycles. The number of phenols is 1. The molecule has 3 saturated heterocycles. The van der Waals surface area contributed by atoms with Gasteiger partial charge in [-0.1, -0.05) is 19.9 Å². The molecule has 4 aliphatic heterocycles. The molecule has 3 aromatic rings. The Labute approximate surface area is 246 Å². The van der Waals surface area contributed by atoms with Gasteiger partial charge in [-0.3, -0.25) is 4.90 Å². The van der Waals surface area contributed by atoms with E-state index in [1.807, 2.05) is 6.92 Å². The summed E-state index contributed by atoms with van der Waals surface area (Å²) in [6.07, 6.45) is 5.32. The van der Waals surface area contributed by atoms with Crippen LogP contribution >= 0.6 is 0 Å². The number of aromatic nitrogens is 2. The van der Waals surface area contributed by atoms with E-state index in [-0.39, 0.29) is 17.1 Å². The van der Waals surface area contributed by atoms with Crippen molar-refractivity contribution in [3.05, 3.63) is 46.9 Å². The second kappa shape index (κ2) is 10.8. The molecule has 0 bridgehead atoms. The zero-order valence-corrected chi connectivity index (χ0v) is 24.7. The second-order valence-corrected chi connectivity index (χ2v) is 12.9. The summed E-state index contributed by atoms with van der Waals surface area (Å²) in [5.41, 5.74) is 3.25. The molecule has 1 unspecified atom stereocenters. The minimum Gasteiger partial charge on any atom is -0.508 e. The number of aromatic hydroxyl groups is 1. The molecular formula is C33H41F2N5O2. The Morgan fingerprint density at radius 1 is 1.10 bits per heavy atom. The predicted molar refractivity (Wildman–Crippen MR) is 161 cm³/mol. The maximum Gasteiger partial charge on any atom is 0.318 e. The van der Waals surface area contributed by atoms with Gasteiger partial charge in [-0.05, 0) is 74.1 Å². The summed E-state index contributed by atoms with van der Waals surface area (Å²) in [4.78, 5) is 16.8. The monoisotopic (exact) mass is 577 g/mol. The number of rotatable bonds is 6. The number of alkyl halides is 1. The molecule has 0 aliphatic carbocycles. The molecule has 42 heavy (non-hydrogen) atoms. The van der Waals surface area contributed by atoms with Gasteiger partial charge in [0.2, 0.25) is 0 Å². The van der Waals surface area contributed by atoms with Crippen molar-refractivity contribution < 1.29 is 18.6 Å². The molecule has 3 fully saturated rings. The molecule has 7 nitrogen and oxygen atoms in total. The van der Waals surface area contributed by atoms with Gasteiger partial charge in [-0.2, -0.15) is 9.97 Å². The number of benzene rings is 2. The van der Waals surface area contributed by atoms with Crippen LogP contribution in [0.25, 0.3) is 10.8 Å². The molecule has 5 heterocycles. The van der Waals surface area contributed by atoms with E-state index >= 15 is 0 Å². The third-order valence-electron chi connectivity index (χ3n) is 10.0. The van der Waals surface area contributed by atoms with Crippen molar-refractivity contribution in [2.45, 2.75) is 77.0 Å². The number of hydrogen-bond acceptors (Lipinski definition) is 7. The van der Waals surface area contributed by atoms with Crippen LogP contribution in [0.3, 0.4) is 0 Å². The van der Waals surface area contributed by atoms with Crippen LogP contribution < -0.4 is 14.5 Å². The van der Waals surface area contributed by atoms with E-state index in [1.165, 1.54) is 12.5 Å². The zero-order valence-electron chi connectivity index (χ0n) is 24.7. The van der Waals surface area contributed by atoms with E-state index in [9.17, 15) is 13.9 Å². The summed E-state index contributed by atoms with van der Waals surface area (Å²) in [6.45, 7) is 9.16. The fraction of sp³-hybridized carbons (Fsp3) is 0.576. The number of nitrogens with zero attached hydrogens (tertiary/aromatic N) is 5. The summed E-state index contributed by atoms with van der Waals surface area (Å²) >= 11 is 0. The first-order valence-corrected chi connectivity index (χ1v) is 15.7. The Bertz CT molecular complexity index is 1500. The minimum absolute atomic E-state index is 0.162. The first-order valence-electron chi connectivity index (χ1n) is 15.7. The van der Waals surface area contributed by atoms with Crippen LogP contribution in [0.2, 0.25) is 0 Å². The van der Waals surface area contributed by atoms with Gasteiger partial charge in [0.05, 0.1) is 17.8 Å². The standard InChI is InChI=1S/C33H41F2N5O2/c1-3-25-27(35)8-7-22-14-24(41)15-29(30(22)25)38-13-9-26-28(19-38)36-32(37-31(26)39-11-4-6-21(2)17-39)42-20-33-10-5-12-40(33)18-23(34)16-33/h7-8,14-15,21,23,41H,3-6,9-13,16-20H2,1-2H3/t21?,23-,33+/m1/s1. The Hall–Kier alpha value is -3.20. The van der Waals surface area contributed by atoms with Gasteiger partial charge in [-0.25, -0.2) is 8.78 Å². The van der Waals surface area contributed by atoms with Crippen molar-refractivity contribution in [1.29, 1.82) is 0 Å². The summed E-state index contributed by atoms with van der Waals surface area (Å²) in [5, 5.41) is 12.3. The van der Waals surface area contributed by atoms with Crippen LogP contribution in [0.4, 0.5) is 20.3 Å². The molecule has 1 N–H and O–H groups in total. The normalized spacial score (nSPS) is 26.1. The van der Waals surface area contributed by atoms with Gasteiger partial charge >= 0.3 is 6.01 Å². The maximum absolute atomic E-state index is 14.9. The largest absolute Gasteiger partial charge is 0.508 e. The van der Waals surface area contributed by atoms with E-state index < -0.39 is 6.17 Å². The Morgan fingerprint density at radius 2 is 1.98 bits per heavy atom. The van der Waals surface area contributed by atoms with E-state index in [1.54, 1.807) is 18.2 Å². The lowest BCUT2D eigenvalue weighted by Gasteiger charge is -2.37. The summed E-state index contributed by atoms with van der Waals surface area (Å²) in [5.74, 6) is 1.48. The van der Waals surface area contributed by atoms with Crippen molar-refractivity contribution in [3.63, 3.8) is 0 Å². The van der Waals surface area contributed by atoms with Crippen LogP contribution in [0.5, 0.6) is 11.8 Å². The Kier molecular flexibility index (Phi) is 7.11. The average molecular weight is 578 g/mol. The molecule has 1 aromatic heterocycles. The zero-order chi connectivity index (χ0) is 29.0. The third kappa shape index (κ3) is 4.83. The summed E-state index contributed by atoms with van der Waals surface area (Å²) in [7, 11) is 0. The van der Waals surface area contributed by atoms with E-state index in [4.69, 9.17) is 14.7 Å². The maximum atomic E-state index is 14.9. The second-order valence-electron chi connectivity index (χ2n) is 12.9. The van der Waals surface area contributed by atoms with E-state index in [0.29, 0.717) is 56.6 Å². The number of halogens is 2. The highest BCUT2D eigenvalue weighted by Gasteiger charge is 2.49. The molecule has 4 aliphatic rings. The fourth-order valence-corrected chi connectivity index (χ4v) is 8.02. The van der Waals surface area contributed by atoms with Gasteiger partial charge in [0.1, 0.15) is 30.2 Å². The lowest BCUT2D eigenvalue weighted by Crippen LogP contribution is -2.44. The number of piperidine rings is 1. The summed E-state index contributed by atoms with van der Waals surface area (Å²) in [6, 6.07) is 7.03. The molecule has 0 spiro atoms. The fourth-order valence-electron chi connectivity index (χ4n) is 8.02. The highest BCUT2D eigenvalue weighted by molar-refractivity contribution is 5.98. The average Bonchev–Trinajstić information content (AvgIpc) is 3.50. The number of anilines is 2. The van der Waals surface area contributed by atoms with E-state index in [0.717, 1.165) is 78.9 Å². The molecule has 0 saturated carbocycles. The van der Waals surface area contributed by atoms with Crippen LogP contribution in [-0.4, -0.2) is 71.0 Å². The molecule has 7 rings (SSSR count). The number of fused-ring (bicyclic) bond motifs is 3. The Balaban J connectivity index is 1.25. The molecule has 3 atom stereocenters. The third-order valence-corrected chi connectivity index (χ3v) is 10.0. The van der Waals surface area contributed by atoms with Crippen LogP contribution in [0.15, 0.2) is 24.3 Å². The first-order chi connectivity index (χ1) is 20.3. The summed E-state index contributed by atoms with van der Waals surface area (Å²) < 4.78 is 35.7. The van der Waals surface area contributed by atoms with Gasteiger partial charge in [0, 0.05) is 55.3 Å². The lowest BCUT2D eigenvalue weighted by molar-refractivity contribution is 0.107. The van der Waals surface area contributed by atoms with Gasteiger partial charge < -0.3 is 19.6 Å². The lowest BCUT2D eigenvalue weighted by atomic mass is 9.95. The molecule has 0 amide bonds. The highest BCUT2D eigenvalue weighted by Crippen LogP contribution is 2.42. The number of ether oxygens (including phenoxy) is 1. The van der Waals surface area contributed by atoms with E-state index in [2.05, 4.69) is 21.6 Å². The van der Waals surface area contributed by atoms with Crippen LogP contribution in [0, 0.1) is 11.7 Å². The molecule has 0 radical (unpaired) electrons. The SMILES string of the molecule is CCc1c(F)ccc2cc(O)cc(N3CCc4c(nc(OC[C@@]56CCCN5C[C@H](F)C6)nc4N4CCCC(C)C4)C3)c12. The van der Waals surface area contributed by atoms with Crippen molar-refractivity contribution in [3.8, 4) is 11.8 Å². The number of aryl methyl sites for hydroxylation is 1. The van der Waals surface area contributed by atoms with Crippen molar-refractivity contribution in [2.75, 3.05) is 49.1 Å². The quantitative estimate of drug-likeness (QED) is 0.398.